The predicted molar refractivity (Wildman–Crippen MR) is 80.9 cm³/mol. The first-order chi connectivity index (χ1) is 9.70. The van der Waals surface area contributed by atoms with Crippen LogP contribution in [0, 0.1) is 0 Å². The van der Waals surface area contributed by atoms with Crippen molar-refractivity contribution in [1.29, 1.82) is 0 Å². The van der Waals surface area contributed by atoms with Crippen molar-refractivity contribution in [3.05, 3.63) is 23.9 Å². The number of pyridine rings is 1. The van der Waals surface area contributed by atoms with Crippen molar-refractivity contribution >= 4 is 11.7 Å². The minimum atomic E-state index is -0.402. The number of hydrogen-bond donors (Lipinski definition) is 2. The number of carbonyl (C=O) groups excluding carboxylic acids is 1. The lowest BCUT2D eigenvalue weighted by molar-refractivity contribution is 0.1000. The van der Waals surface area contributed by atoms with Gasteiger partial charge in [-0.2, -0.15) is 0 Å². The van der Waals surface area contributed by atoms with Gasteiger partial charge in [-0.1, -0.05) is 13.3 Å². The van der Waals surface area contributed by atoms with Crippen LogP contribution in [-0.4, -0.2) is 36.6 Å². The minimum Gasteiger partial charge on any atom is -0.366 e. The molecule has 0 saturated carbocycles. The molecule has 1 aromatic heterocycles. The summed E-state index contributed by atoms with van der Waals surface area (Å²) in [5.74, 6) is 0.441. The first-order valence-electron chi connectivity index (χ1n) is 7.45. The van der Waals surface area contributed by atoms with E-state index in [1.165, 1.54) is 19.3 Å². The van der Waals surface area contributed by atoms with Crippen molar-refractivity contribution < 1.29 is 4.79 Å². The van der Waals surface area contributed by atoms with Gasteiger partial charge < -0.3 is 16.0 Å². The maximum atomic E-state index is 11.3. The van der Waals surface area contributed by atoms with Gasteiger partial charge in [-0.05, 0) is 37.9 Å². The van der Waals surface area contributed by atoms with E-state index in [1.807, 2.05) is 0 Å². The Labute approximate surface area is 120 Å². The van der Waals surface area contributed by atoms with E-state index in [0.717, 1.165) is 31.9 Å². The molecule has 1 atom stereocenters. The maximum absolute atomic E-state index is 11.3. The van der Waals surface area contributed by atoms with Crippen LogP contribution in [0.1, 0.15) is 43.0 Å². The zero-order valence-electron chi connectivity index (χ0n) is 12.1. The Morgan fingerprint density at radius 3 is 3.05 bits per heavy atom. The van der Waals surface area contributed by atoms with Crippen molar-refractivity contribution in [1.82, 2.24) is 10.3 Å². The smallest absolute Gasteiger partial charge is 0.248 e. The Morgan fingerprint density at radius 1 is 1.55 bits per heavy atom. The highest BCUT2D eigenvalue weighted by Gasteiger charge is 2.17. The molecule has 1 unspecified atom stereocenters. The molecule has 5 nitrogen and oxygen atoms in total. The molecule has 1 fully saturated rings. The molecule has 0 aliphatic carbocycles. The fraction of sp³-hybridized carbons (Fsp3) is 0.600. The van der Waals surface area contributed by atoms with Crippen LogP contribution in [0.3, 0.4) is 0 Å². The molecule has 20 heavy (non-hydrogen) atoms. The van der Waals surface area contributed by atoms with Crippen molar-refractivity contribution in [2.75, 3.05) is 24.5 Å². The molecule has 1 aromatic rings. The number of carbonyl (C=O) groups is 1. The van der Waals surface area contributed by atoms with Crippen LogP contribution in [-0.2, 0) is 0 Å². The third-order valence-corrected chi connectivity index (χ3v) is 3.70. The summed E-state index contributed by atoms with van der Waals surface area (Å²) >= 11 is 0. The highest BCUT2D eigenvalue weighted by Crippen LogP contribution is 2.16. The summed E-state index contributed by atoms with van der Waals surface area (Å²) in [6, 6.07) is 3.96. The van der Waals surface area contributed by atoms with Gasteiger partial charge in [0.05, 0.1) is 0 Å². The second-order valence-electron chi connectivity index (χ2n) is 5.36. The molecule has 110 valence electrons. The number of nitrogens with zero attached hydrogens (tertiary/aromatic N) is 2. The molecule has 0 radical (unpaired) electrons. The molecule has 1 aliphatic heterocycles. The number of amides is 1. The van der Waals surface area contributed by atoms with Gasteiger partial charge >= 0.3 is 0 Å². The van der Waals surface area contributed by atoms with Crippen LogP contribution in [0.25, 0.3) is 0 Å². The second kappa shape index (κ2) is 7.24. The SMILES string of the molecule is CCCN(CC1CCCCN1)c1cc(C(N)=O)ccn1. The van der Waals surface area contributed by atoms with E-state index in [9.17, 15) is 4.79 Å². The number of piperidine rings is 1. The summed E-state index contributed by atoms with van der Waals surface area (Å²) in [6.07, 6.45) is 6.46. The van der Waals surface area contributed by atoms with E-state index in [0.29, 0.717) is 11.6 Å². The summed E-state index contributed by atoms with van der Waals surface area (Å²) in [7, 11) is 0. The van der Waals surface area contributed by atoms with Gasteiger partial charge in [0.15, 0.2) is 0 Å². The standard InChI is InChI=1S/C15H24N4O/c1-2-9-19(11-13-5-3-4-7-17-13)14-10-12(15(16)20)6-8-18-14/h6,8,10,13,17H,2-5,7,9,11H2,1H3,(H2,16,20). The summed E-state index contributed by atoms with van der Waals surface area (Å²) in [5.41, 5.74) is 5.86. The summed E-state index contributed by atoms with van der Waals surface area (Å²) in [6.45, 7) is 5.12. The van der Waals surface area contributed by atoms with Gasteiger partial charge in [0, 0.05) is 30.9 Å². The first-order valence-corrected chi connectivity index (χ1v) is 7.45. The lowest BCUT2D eigenvalue weighted by atomic mass is 10.0. The van der Waals surface area contributed by atoms with Gasteiger partial charge in [0.25, 0.3) is 0 Å². The van der Waals surface area contributed by atoms with Crippen LogP contribution < -0.4 is 16.0 Å². The van der Waals surface area contributed by atoms with E-state index >= 15 is 0 Å². The third-order valence-electron chi connectivity index (χ3n) is 3.70. The van der Waals surface area contributed by atoms with Crippen molar-refractivity contribution in [3.63, 3.8) is 0 Å². The zero-order chi connectivity index (χ0) is 14.4. The van der Waals surface area contributed by atoms with E-state index < -0.39 is 5.91 Å². The van der Waals surface area contributed by atoms with E-state index in [-0.39, 0.29) is 0 Å². The Kier molecular flexibility index (Phi) is 5.35. The van der Waals surface area contributed by atoms with E-state index in [1.54, 1.807) is 18.3 Å². The fourth-order valence-corrected chi connectivity index (χ4v) is 2.66. The van der Waals surface area contributed by atoms with Crippen LogP contribution in [0.4, 0.5) is 5.82 Å². The molecule has 3 N–H and O–H groups in total. The summed E-state index contributed by atoms with van der Waals surface area (Å²) in [4.78, 5) is 17.9. The van der Waals surface area contributed by atoms with Gasteiger partial charge in [-0.15, -0.1) is 0 Å². The quantitative estimate of drug-likeness (QED) is 0.827. The van der Waals surface area contributed by atoms with Gasteiger partial charge in [0.1, 0.15) is 5.82 Å². The third kappa shape index (κ3) is 3.93. The normalized spacial score (nSPS) is 18.8. The summed E-state index contributed by atoms with van der Waals surface area (Å²) < 4.78 is 0. The predicted octanol–water partition coefficient (Wildman–Crippen LogP) is 1.54. The Balaban J connectivity index is 2.10. The Hall–Kier alpha value is -1.62. The first kappa shape index (κ1) is 14.8. The van der Waals surface area contributed by atoms with Crippen LogP contribution >= 0.6 is 0 Å². The second-order valence-corrected chi connectivity index (χ2v) is 5.36. The Morgan fingerprint density at radius 2 is 2.40 bits per heavy atom. The molecule has 1 amide bonds. The maximum Gasteiger partial charge on any atom is 0.248 e. The molecule has 5 heteroatoms. The molecule has 0 spiro atoms. The molecule has 1 aliphatic rings. The lowest BCUT2D eigenvalue weighted by Gasteiger charge is -2.31. The lowest BCUT2D eigenvalue weighted by Crippen LogP contribution is -2.44. The largest absolute Gasteiger partial charge is 0.366 e. The monoisotopic (exact) mass is 276 g/mol. The minimum absolute atomic E-state index is 0.402. The topological polar surface area (TPSA) is 71.2 Å². The van der Waals surface area contributed by atoms with Crippen molar-refractivity contribution in [3.8, 4) is 0 Å². The van der Waals surface area contributed by atoms with Crippen molar-refractivity contribution in [2.24, 2.45) is 5.73 Å². The molecular formula is C15H24N4O. The van der Waals surface area contributed by atoms with E-state index in [2.05, 4.69) is 22.1 Å². The van der Waals surface area contributed by atoms with Crippen LogP contribution in [0.2, 0.25) is 0 Å². The number of anilines is 1. The molecule has 1 saturated heterocycles. The zero-order valence-corrected chi connectivity index (χ0v) is 12.1. The van der Waals surface area contributed by atoms with Crippen molar-refractivity contribution in [2.45, 2.75) is 38.6 Å². The number of aromatic nitrogens is 1. The van der Waals surface area contributed by atoms with Gasteiger partial charge in [-0.3, -0.25) is 4.79 Å². The molecule has 2 heterocycles. The Bertz CT molecular complexity index is 443. The number of primary amides is 1. The average Bonchev–Trinajstić information content (AvgIpc) is 2.48. The highest BCUT2D eigenvalue weighted by atomic mass is 16.1. The van der Waals surface area contributed by atoms with Gasteiger partial charge in [0.2, 0.25) is 5.91 Å². The molecular weight excluding hydrogens is 252 g/mol. The number of hydrogen-bond acceptors (Lipinski definition) is 4. The fourth-order valence-electron chi connectivity index (χ4n) is 2.66. The molecule has 2 rings (SSSR count). The number of nitrogens with two attached hydrogens (primary N) is 1. The molecule has 0 bridgehead atoms. The number of nitrogens with one attached hydrogen (secondary N) is 1. The highest BCUT2D eigenvalue weighted by molar-refractivity contribution is 5.93. The van der Waals surface area contributed by atoms with E-state index in [4.69, 9.17) is 5.73 Å². The number of rotatable bonds is 6. The van der Waals surface area contributed by atoms with Crippen LogP contribution in [0.5, 0.6) is 0 Å². The average molecular weight is 276 g/mol. The summed E-state index contributed by atoms with van der Waals surface area (Å²) in [5, 5.41) is 3.55. The van der Waals surface area contributed by atoms with Crippen LogP contribution in [0.15, 0.2) is 18.3 Å². The molecule has 0 aromatic carbocycles. The van der Waals surface area contributed by atoms with Gasteiger partial charge in [-0.25, -0.2) is 4.98 Å².